The van der Waals surface area contributed by atoms with Gasteiger partial charge in [-0.15, -0.1) is 0 Å². The largest absolute Gasteiger partial charge is 0.393 e. The van der Waals surface area contributed by atoms with Gasteiger partial charge in [0.05, 0.1) is 11.8 Å². The lowest BCUT2D eigenvalue weighted by Gasteiger charge is -2.18. The zero-order chi connectivity index (χ0) is 14.5. The van der Waals surface area contributed by atoms with Crippen LogP contribution in [0.5, 0.6) is 0 Å². The summed E-state index contributed by atoms with van der Waals surface area (Å²) < 4.78 is 14.0. The van der Waals surface area contributed by atoms with Crippen molar-refractivity contribution in [2.45, 2.75) is 38.7 Å². The third kappa shape index (κ3) is 3.93. The molecule has 1 aromatic rings. The molecule has 4 nitrogen and oxygen atoms in total. The fraction of sp³-hybridized carbons (Fsp3) is 0.533. The average Bonchev–Trinajstić information content (AvgIpc) is 2.90. The molecule has 0 saturated carbocycles. The molecule has 1 aromatic carbocycles. The summed E-state index contributed by atoms with van der Waals surface area (Å²) >= 11 is 0. The number of carbonyl (C=O) groups is 1. The van der Waals surface area contributed by atoms with Gasteiger partial charge in [0.1, 0.15) is 5.82 Å². The van der Waals surface area contributed by atoms with Crippen LogP contribution in [0.1, 0.15) is 32.6 Å². The number of aliphatic hydroxyl groups is 1. The van der Waals surface area contributed by atoms with Crippen LogP contribution in [-0.4, -0.2) is 30.2 Å². The van der Waals surface area contributed by atoms with Gasteiger partial charge in [0.2, 0.25) is 5.91 Å². The van der Waals surface area contributed by atoms with Crippen molar-refractivity contribution in [1.29, 1.82) is 0 Å². The Morgan fingerprint density at radius 2 is 2.15 bits per heavy atom. The van der Waals surface area contributed by atoms with Crippen LogP contribution in [0.2, 0.25) is 0 Å². The molecule has 1 atom stereocenters. The lowest BCUT2D eigenvalue weighted by Crippen LogP contribution is -2.19. The van der Waals surface area contributed by atoms with Gasteiger partial charge >= 0.3 is 0 Å². The summed E-state index contributed by atoms with van der Waals surface area (Å²) in [6.07, 6.45) is 2.32. The Morgan fingerprint density at radius 3 is 2.75 bits per heavy atom. The first kappa shape index (κ1) is 14.8. The lowest BCUT2D eigenvalue weighted by molar-refractivity contribution is -0.116. The number of carbonyl (C=O) groups excluding carboxylic acids is 1. The number of anilines is 2. The van der Waals surface area contributed by atoms with E-state index in [0.29, 0.717) is 17.8 Å². The van der Waals surface area contributed by atoms with E-state index < -0.39 is 6.10 Å². The molecular weight excluding hydrogens is 259 g/mol. The van der Waals surface area contributed by atoms with Crippen LogP contribution in [0.15, 0.2) is 18.2 Å². The molecule has 20 heavy (non-hydrogen) atoms. The minimum Gasteiger partial charge on any atom is -0.393 e. The van der Waals surface area contributed by atoms with Crippen molar-refractivity contribution in [1.82, 2.24) is 0 Å². The zero-order valence-electron chi connectivity index (χ0n) is 11.7. The molecule has 1 saturated heterocycles. The Hall–Kier alpha value is -1.62. The fourth-order valence-corrected chi connectivity index (χ4v) is 2.36. The number of nitrogens with zero attached hydrogens (tertiary/aromatic N) is 1. The number of aliphatic hydroxyl groups excluding tert-OH is 1. The standard InChI is InChI=1S/C15H21FN2O2/c1-11(19)4-7-15(20)17-12-5-6-14(13(16)10-12)18-8-2-3-9-18/h5-6,10-11,19H,2-4,7-9H2,1H3,(H,17,20). The monoisotopic (exact) mass is 280 g/mol. The predicted molar refractivity (Wildman–Crippen MR) is 77.4 cm³/mol. The Bertz CT molecular complexity index is 471. The van der Waals surface area contributed by atoms with E-state index in [2.05, 4.69) is 5.32 Å². The SMILES string of the molecule is CC(O)CCC(=O)Nc1ccc(N2CCCC2)c(F)c1. The maximum Gasteiger partial charge on any atom is 0.224 e. The van der Waals surface area contributed by atoms with Crippen molar-refractivity contribution in [3.63, 3.8) is 0 Å². The fourth-order valence-electron chi connectivity index (χ4n) is 2.36. The molecule has 110 valence electrons. The van der Waals surface area contributed by atoms with Crippen molar-refractivity contribution in [3.8, 4) is 0 Å². The number of hydrogen-bond donors (Lipinski definition) is 2. The second kappa shape index (κ2) is 6.70. The predicted octanol–water partition coefficient (Wildman–Crippen LogP) is 2.53. The van der Waals surface area contributed by atoms with E-state index in [1.165, 1.54) is 6.07 Å². The molecule has 0 spiro atoms. The van der Waals surface area contributed by atoms with Gasteiger partial charge in [0.25, 0.3) is 0 Å². The molecule has 1 aliphatic heterocycles. The molecule has 1 aliphatic rings. The Labute approximate surface area is 118 Å². The molecule has 1 unspecified atom stereocenters. The molecule has 1 heterocycles. The van der Waals surface area contributed by atoms with E-state index in [0.717, 1.165) is 25.9 Å². The minimum atomic E-state index is -0.505. The second-order valence-electron chi connectivity index (χ2n) is 5.30. The molecule has 5 heteroatoms. The number of rotatable bonds is 5. The summed E-state index contributed by atoms with van der Waals surface area (Å²) in [6, 6.07) is 4.79. The molecule has 0 aromatic heterocycles. The molecule has 2 N–H and O–H groups in total. The number of nitrogens with one attached hydrogen (secondary N) is 1. The van der Waals surface area contributed by atoms with Gasteiger partial charge in [-0.25, -0.2) is 4.39 Å². The number of halogens is 1. The zero-order valence-corrected chi connectivity index (χ0v) is 11.7. The van der Waals surface area contributed by atoms with E-state index in [9.17, 15) is 9.18 Å². The Morgan fingerprint density at radius 1 is 1.45 bits per heavy atom. The van der Waals surface area contributed by atoms with Gasteiger partial charge in [0, 0.05) is 25.2 Å². The van der Waals surface area contributed by atoms with E-state index in [1.807, 2.05) is 4.90 Å². The van der Waals surface area contributed by atoms with Crippen molar-refractivity contribution in [2.75, 3.05) is 23.3 Å². The Balaban J connectivity index is 1.96. The van der Waals surface area contributed by atoms with Gasteiger partial charge in [-0.2, -0.15) is 0 Å². The third-order valence-electron chi connectivity index (χ3n) is 3.47. The highest BCUT2D eigenvalue weighted by Gasteiger charge is 2.16. The first-order chi connectivity index (χ1) is 9.56. The molecule has 0 radical (unpaired) electrons. The van der Waals surface area contributed by atoms with E-state index in [4.69, 9.17) is 5.11 Å². The summed E-state index contributed by atoms with van der Waals surface area (Å²) in [4.78, 5) is 13.6. The van der Waals surface area contributed by atoms with Crippen LogP contribution in [-0.2, 0) is 4.79 Å². The lowest BCUT2D eigenvalue weighted by atomic mass is 10.2. The summed E-state index contributed by atoms with van der Waals surface area (Å²) in [5.74, 6) is -0.514. The summed E-state index contributed by atoms with van der Waals surface area (Å²) in [5, 5.41) is 11.8. The second-order valence-corrected chi connectivity index (χ2v) is 5.30. The first-order valence-electron chi connectivity index (χ1n) is 7.08. The minimum absolute atomic E-state index is 0.209. The molecule has 0 bridgehead atoms. The van der Waals surface area contributed by atoms with Gasteiger partial charge in [-0.3, -0.25) is 4.79 Å². The highest BCUT2D eigenvalue weighted by molar-refractivity contribution is 5.90. The van der Waals surface area contributed by atoms with Crippen LogP contribution >= 0.6 is 0 Å². The Kier molecular flexibility index (Phi) is 4.95. The molecule has 2 rings (SSSR count). The average molecular weight is 280 g/mol. The summed E-state index contributed by atoms with van der Waals surface area (Å²) in [6.45, 7) is 3.41. The number of amides is 1. The quantitative estimate of drug-likeness (QED) is 0.871. The number of hydrogen-bond acceptors (Lipinski definition) is 3. The smallest absolute Gasteiger partial charge is 0.224 e. The van der Waals surface area contributed by atoms with Gasteiger partial charge in [-0.05, 0) is 44.4 Å². The van der Waals surface area contributed by atoms with Crippen LogP contribution < -0.4 is 10.2 Å². The first-order valence-corrected chi connectivity index (χ1v) is 7.08. The van der Waals surface area contributed by atoms with Gasteiger partial charge in [0.15, 0.2) is 0 Å². The summed E-state index contributed by atoms with van der Waals surface area (Å²) in [7, 11) is 0. The van der Waals surface area contributed by atoms with E-state index in [1.54, 1.807) is 19.1 Å². The van der Waals surface area contributed by atoms with Crippen LogP contribution in [0.3, 0.4) is 0 Å². The van der Waals surface area contributed by atoms with Crippen molar-refractivity contribution >= 4 is 17.3 Å². The molecule has 0 aliphatic carbocycles. The topological polar surface area (TPSA) is 52.6 Å². The van der Waals surface area contributed by atoms with Gasteiger partial charge in [-0.1, -0.05) is 0 Å². The van der Waals surface area contributed by atoms with Crippen molar-refractivity contribution < 1.29 is 14.3 Å². The molecule has 1 fully saturated rings. The van der Waals surface area contributed by atoms with Gasteiger partial charge < -0.3 is 15.3 Å². The van der Waals surface area contributed by atoms with Crippen LogP contribution in [0.4, 0.5) is 15.8 Å². The maximum atomic E-state index is 14.0. The normalized spacial score (nSPS) is 16.2. The molecular formula is C15H21FN2O2. The third-order valence-corrected chi connectivity index (χ3v) is 3.47. The maximum absolute atomic E-state index is 14.0. The van der Waals surface area contributed by atoms with Crippen LogP contribution in [0, 0.1) is 5.82 Å². The highest BCUT2D eigenvalue weighted by Crippen LogP contribution is 2.26. The number of benzene rings is 1. The van der Waals surface area contributed by atoms with Crippen LogP contribution in [0.25, 0.3) is 0 Å². The summed E-state index contributed by atoms with van der Waals surface area (Å²) in [5.41, 5.74) is 1.06. The van der Waals surface area contributed by atoms with Crippen molar-refractivity contribution in [2.24, 2.45) is 0 Å². The van der Waals surface area contributed by atoms with E-state index >= 15 is 0 Å². The van der Waals surface area contributed by atoms with E-state index in [-0.39, 0.29) is 18.1 Å². The highest BCUT2D eigenvalue weighted by atomic mass is 19.1. The molecule has 1 amide bonds. The van der Waals surface area contributed by atoms with Crippen molar-refractivity contribution in [3.05, 3.63) is 24.0 Å².